The van der Waals surface area contributed by atoms with Gasteiger partial charge in [-0.1, -0.05) is 13.0 Å². The van der Waals surface area contributed by atoms with Crippen molar-refractivity contribution in [1.29, 1.82) is 5.26 Å². The Hall–Kier alpha value is -3.01. The van der Waals surface area contributed by atoms with Crippen molar-refractivity contribution in [2.45, 2.75) is 33.1 Å². The third-order valence-electron chi connectivity index (χ3n) is 3.85. The number of carbonyl (C=O) groups excluding carboxylic acids is 1. The largest absolute Gasteiger partial charge is 0.491 e. The van der Waals surface area contributed by atoms with E-state index in [0.717, 1.165) is 0 Å². The summed E-state index contributed by atoms with van der Waals surface area (Å²) in [6.07, 6.45) is 0.713. The van der Waals surface area contributed by atoms with Crippen LogP contribution in [0, 0.1) is 17.1 Å². The van der Waals surface area contributed by atoms with Crippen LogP contribution in [0.15, 0.2) is 41.0 Å². The fourth-order valence-corrected chi connectivity index (χ4v) is 2.71. The van der Waals surface area contributed by atoms with Crippen molar-refractivity contribution < 1.29 is 23.4 Å². The van der Waals surface area contributed by atoms with Crippen molar-refractivity contribution in [3.63, 3.8) is 0 Å². The number of rotatable bonds is 6. The number of halogens is 1. The summed E-state index contributed by atoms with van der Waals surface area (Å²) < 4.78 is 29.9. The zero-order valence-electron chi connectivity index (χ0n) is 15.0. The molecule has 0 radical (unpaired) electrons. The molecule has 2 N–H and O–H groups in total. The van der Waals surface area contributed by atoms with E-state index in [-0.39, 0.29) is 35.1 Å². The standard InChI is InChI=1S/C19H21FN2O4/c1-4-8-25-15-9-12(6-7-14(15)20)17-13(10-21)18(22)26-11(3)16(17)19(23)24-5-2/h6-7,9,17H,4-5,8,22H2,1-3H3. The van der Waals surface area contributed by atoms with Gasteiger partial charge in [0.25, 0.3) is 0 Å². The predicted octanol–water partition coefficient (Wildman–Crippen LogP) is 3.26. The molecule has 1 aliphatic heterocycles. The molecule has 1 aliphatic rings. The first-order valence-electron chi connectivity index (χ1n) is 8.32. The second kappa shape index (κ2) is 8.39. The van der Waals surface area contributed by atoms with E-state index in [1.54, 1.807) is 13.8 Å². The van der Waals surface area contributed by atoms with Crippen LogP contribution in [0.4, 0.5) is 4.39 Å². The maximum absolute atomic E-state index is 14.0. The van der Waals surface area contributed by atoms with Gasteiger partial charge in [-0.05, 0) is 38.0 Å². The second-order valence-electron chi connectivity index (χ2n) is 5.65. The summed E-state index contributed by atoms with van der Waals surface area (Å²) in [6, 6.07) is 6.17. The summed E-state index contributed by atoms with van der Waals surface area (Å²) in [7, 11) is 0. The zero-order chi connectivity index (χ0) is 19.3. The van der Waals surface area contributed by atoms with Crippen LogP contribution in [0.5, 0.6) is 5.75 Å². The summed E-state index contributed by atoms with van der Waals surface area (Å²) in [4.78, 5) is 12.4. The van der Waals surface area contributed by atoms with Crippen molar-refractivity contribution in [1.82, 2.24) is 0 Å². The van der Waals surface area contributed by atoms with Gasteiger partial charge in [-0.2, -0.15) is 5.26 Å². The highest BCUT2D eigenvalue weighted by Crippen LogP contribution is 2.40. The van der Waals surface area contributed by atoms with Gasteiger partial charge in [-0.15, -0.1) is 0 Å². The molecule has 1 unspecified atom stereocenters. The number of nitriles is 1. The Morgan fingerprint density at radius 3 is 2.77 bits per heavy atom. The molecule has 7 heteroatoms. The van der Waals surface area contributed by atoms with Crippen LogP contribution in [0.3, 0.4) is 0 Å². The van der Waals surface area contributed by atoms with Crippen LogP contribution in [-0.2, 0) is 14.3 Å². The number of esters is 1. The monoisotopic (exact) mass is 360 g/mol. The summed E-state index contributed by atoms with van der Waals surface area (Å²) in [6.45, 7) is 5.66. The molecule has 1 aromatic rings. The molecule has 2 rings (SSSR count). The van der Waals surface area contributed by atoms with E-state index in [4.69, 9.17) is 19.9 Å². The Bertz CT molecular complexity index is 808. The van der Waals surface area contributed by atoms with Gasteiger partial charge in [0.05, 0.1) is 24.7 Å². The summed E-state index contributed by atoms with van der Waals surface area (Å²) in [5, 5.41) is 9.53. The molecule has 26 heavy (non-hydrogen) atoms. The third-order valence-corrected chi connectivity index (χ3v) is 3.85. The minimum absolute atomic E-state index is 0.0487. The van der Waals surface area contributed by atoms with Gasteiger partial charge in [0.1, 0.15) is 17.4 Å². The van der Waals surface area contributed by atoms with E-state index in [9.17, 15) is 14.4 Å². The van der Waals surface area contributed by atoms with Gasteiger partial charge in [0.2, 0.25) is 5.88 Å². The van der Waals surface area contributed by atoms with Crippen LogP contribution >= 0.6 is 0 Å². The van der Waals surface area contributed by atoms with Crippen LogP contribution in [0.2, 0.25) is 0 Å². The lowest BCUT2D eigenvalue weighted by atomic mass is 9.83. The molecule has 6 nitrogen and oxygen atoms in total. The van der Waals surface area contributed by atoms with Crippen molar-refractivity contribution in [2.24, 2.45) is 5.73 Å². The molecule has 0 saturated heterocycles. The zero-order valence-corrected chi connectivity index (χ0v) is 15.0. The second-order valence-corrected chi connectivity index (χ2v) is 5.65. The van der Waals surface area contributed by atoms with Crippen molar-refractivity contribution in [2.75, 3.05) is 13.2 Å². The van der Waals surface area contributed by atoms with E-state index in [1.165, 1.54) is 18.2 Å². The van der Waals surface area contributed by atoms with E-state index >= 15 is 0 Å². The molecule has 1 heterocycles. The Balaban J connectivity index is 2.58. The van der Waals surface area contributed by atoms with Crippen LogP contribution < -0.4 is 10.5 Å². The normalized spacial score (nSPS) is 16.8. The number of carbonyl (C=O) groups is 1. The van der Waals surface area contributed by atoms with Crippen molar-refractivity contribution >= 4 is 5.97 Å². The van der Waals surface area contributed by atoms with Crippen LogP contribution in [-0.4, -0.2) is 19.2 Å². The van der Waals surface area contributed by atoms with E-state index in [2.05, 4.69) is 0 Å². The Labute approximate surface area is 151 Å². The molecule has 1 atom stereocenters. The molecular formula is C19H21FN2O4. The first-order chi connectivity index (χ1) is 12.4. The van der Waals surface area contributed by atoms with Crippen molar-refractivity contribution in [3.05, 3.63) is 52.4 Å². The Kier molecular flexibility index (Phi) is 6.23. The molecule has 138 valence electrons. The highest BCUT2D eigenvalue weighted by molar-refractivity contribution is 5.92. The number of hydrogen-bond donors (Lipinski definition) is 1. The Morgan fingerprint density at radius 1 is 1.42 bits per heavy atom. The average molecular weight is 360 g/mol. The smallest absolute Gasteiger partial charge is 0.338 e. The van der Waals surface area contributed by atoms with Gasteiger partial charge in [0.15, 0.2) is 11.6 Å². The predicted molar refractivity (Wildman–Crippen MR) is 92.2 cm³/mol. The molecule has 0 spiro atoms. The SMILES string of the molecule is CCCOc1cc(C2C(C#N)=C(N)OC(C)=C2C(=O)OCC)ccc1F. The molecule has 0 amide bonds. The Morgan fingerprint density at radius 2 is 2.15 bits per heavy atom. The lowest BCUT2D eigenvalue weighted by Gasteiger charge is -2.27. The summed E-state index contributed by atoms with van der Waals surface area (Å²) >= 11 is 0. The van der Waals surface area contributed by atoms with Gasteiger partial charge < -0.3 is 19.9 Å². The number of nitrogens with zero attached hydrogens (tertiary/aromatic N) is 1. The van der Waals surface area contributed by atoms with E-state index < -0.39 is 17.7 Å². The number of benzene rings is 1. The average Bonchev–Trinajstić information content (AvgIpc) is 2.60. The summed E-state index contributed by atoms with van der Waals surface area (Å²) in [5.41, 5.74) is 6.54. The number of ether oxygens (including phenoxy) is 3. The highest BCUT2D eigenvalue weighted by atomic mass is 19.1. The van der Waals surface area contributed by atoms with Gasteiger partial charge in [-0.3, -0.25) is 0 Å². The highest BCUT2D eigenvalue weighted by Gasteiger charge is 2.36. The fourth-order valence-electron chi connectivity index (χ4n) is 2.71. The third kappa shape index (κ3) is 3.80. The fraction of sp³-hybridized carbons (Fsp3) is 0.368. The minimum Gasteiger partial charge on any atom is -0.491 e. The van der Waals surface area contributed by atoms with Gasteiger partial charge in [-0.25, -0.2) is 9.18 Å². The minimum atomic E-state index is -0.822. The first-order valence-corrected chi connectivity index (χ1v) is 8.32. The maximum atomic E-state index is 14.0. The van der Waals surface area contributed by atoms with Gasteiger partial charge >= 0.3 is 5.97 Å². The van der Waals surface area contributed by atoms with E-state index in [1.807, 2.05) is 13.0 Å². The van der Waals surface area contributed by atoms with Crippen molar-refractivity contribution in [3.8, 4) is 11.8 Å². The number of nitrogens with two attached hydrogens (primary N) is 1. The van der Waals surface area contributed by atoms with Crippen LogP contribution in [0.25, 0.3) is 0 Å². The molecular weight excluding hydrogens is 339 g/mol. The number of allylic oxidation sites excluding steroid dienone is 2. The molecule has 1 aromatic carbocycles. The van der Waals surface area contributed by atoms with E-state index in [0.29, 0.717) is 18.6 Å². The summed E-state index contributed by atoms with van der Waals surface area (Å²) in [5.74, 6) is -1.77. The molecule has 0 bridgehead atoms. The first kappa shape index (κ1) is 19.3. The molecule has 0 saturated carbocycles. The topological polar surface area (TPSA) is 94.6 Å². The number of hydrogen-bond acceptors (Lipinski definition) is 6. The van der Waals surface area contributed by atoms with Gasteiger partial charge in [0, 0.05) is 0 Å². The molecule has 0 aliphatic carbocycles. The maximum Gasteiger partial charge on any atom is 0.338 e. The lowest BCUT2D eigenvalue weighted by Crippen LogP contribution is -2.25. The quantitative estimate of drug-likeness (QED) is 0.783. The molecule has 0 aromatic heterocycles. The molecule has 0 fully saturated rings. The van der Waals surface area contributed by atoms with Crippen LogP contribution in [0.1, 0.15) is 38.7 Å². The lowest BCUT2D eigenvalue weighted by molar-refractivity contribution is -0.139.